The number of fused-ring (bicyclic) bond motifs is 1. The Labute approximate surface area is 260 Å². The number of likely N-dealkylation sites (N-methyl/N-ethyl adjacent to an activating group) is 2. The van der Waals surface area contributed by atoms with Crippen LogP contribution < -0.4 is 16.9 Å². The van der Waals surface area contributed by atoms with Crippen LogP contribution >= 0.6 is 0 Å². The first kappa shape index (κ1) is 34.9. The van der Waals surface area contributed by atoms with Crippen LogP contribution in [0.25, 0.3) is 33.4 Å². The third-order valence-electron chi connectivity index (χ3n) is 6.42. The van der Waals surface area contributed by atoms with Crippen molar-refractivity contribution in [1.29, 1.82) is 0 Å². The molecule has 5 aromatic rings. The van der Waals surface area contributed by atoms with Gasteiger partial charge in [-0.2, -0.15) is 5.10 Å². The van der Waals surface area contributed by atoms with Crippen molar-refractivity contribution in [3.8, 4) is 22.5 Å². The Hall–Kier alpha value is -5.30. The molecular weight excluding hydrogens is 558 g/mol. The number of amides is 1. The van der Waals surface area contributed by atoms with E-state index in [0.717, 1.165) is 40.7 Å². The zero-order valence-electron chi connectivity index (χ0n) is 25.5. The Morgan fingerprint density at radius 1 is 0.932 bits per heavy atom. The van der Waals surface area contributed by atoms with Crippen LogP contribution in [0, 0.1) is 0 Å². The first-order valence-electron chi connectivity index (χ1n) is 13.5. The molecule has 0 aliphatic carbocycles. The molecule has 0 radical (unpaired) electrons. The molecule has 12 nitrogen and oxygen atoms in total. The standard InChI is InChI=1S/C18H16N6O.C12H19N3O.C2H4.H2O.2H2/c1-24-10-13(9-20-24)12-4-7-15-16(8-12)21-18(22-17(15)19)11-2-5-14(23-25)6-3-11;1-14(2)8-9-15(3)12(16)10-4-6-11(13)7-5-10;1-2;;;/h2-10,23,25H,1H3,(H2,19,21,22);4-7H,8-9,13H2,1-3H3;1-2H2;1H2;2*1H. The second-order valence-electron chi connectivity index (χ2n) is 9.91. The van der Waals surface area contributed by atoms with Crippen LogP contribution in [0.2, 0.25) is 0 Å². The Bertz CT molecular complexity index is 1650. The van der Waals surface area contributed by atoms with Gasteiger partial charge in [0.25, 0.3) is 5.91 Å². The third-order valence-corrected chi connectivity index (χ3v) is 6.42. The fourth-order valence-corrected chi connectivity index (χ4v) is 4.02. The molecule has 0 saturated heterocycles. The van der Waals surface area contributed by atoms with Crippen LogP contribution in [-0.2, 0) is 7.05 Å². The maximum Gasteiger partial charge on any atom is 0.253 e. The minimum atomic E-state index is 0. The molecule has 3 aromatic carbocycles. The van der Waals surface area contributed by atoms with Gasteiger partial charge in [0.05, 0.1) is 17.4 Å². The SMILES string of the molecule is C=C.CN(C)CCN(C)C(=O)c1ccc(N)cc1.Cn1cc(-c2ccc3c(N)nc(-c4ccc(NO)cc4)nc3c2)cn1.O.[HH].[HH]. The maximum absolute atomic E-state index is 11.9. The van der Waals surface area contributed by atoms with Crippen molar-refractivity contribution in [1.82, 2.24) is 29.5 Å². The number of aryl methyl sites for hydroxylation is 1. The van der Waals surface area contributed by atoms with E-state index in [-0.39, 0.29) is 14.2 Å². The highest BCUT2D eigenvalue weighted by atomic mass is 16.5. The first-order chi connectivity index (χ1) is 20.6. The maximum atomic E-state index is 11.9. The fraction of sp³-hybridized carbons (Fsp3) is 0.188. The van der Waals surface area contributed by atoms with Gasteiger partial charge >= 0.3 is 0 Å². The molecule has 2 aromatic heterocycles. The highest BCUT2D eigenvalue weighted by Crippen LogP contribution is 2.28. The molecule has 0 atom stereocenters. The number of nitrogen functional groups attached to an aromatic ring is 2. The molecule has 5 rings (SSSR count). The summed E-state index contributed by atoms with van der Waals surface area (Å²) in [5.41, 5.74) is 19.4. The summed E-state index contributed by atoms with van der Waals surface area (Å²) in [5, 5.41) is 13.9. The van der Waals surface area contributed by atoms with Gasteiger partial charge in [-0.15, -0.1) is 13.2 Å². The highest BCUT2D eigenvalue weighted by Gasteiger charge is 2.11. The zero-order chi connectivity index (χ0) is 31.5. The number of rotatable bonds is 7. The van der Waals surface area contributed by atoms with Crippen molar-refractivity contribution >= 4 is 34.0 Å². The zero-order valence-corrected chi connectivity index (χ0v) is 25.5. The summed E-state index contributed by atoms with van der Waals surface area (Å²) in [5.74, 6) is 1.00. The van der Waals surface area contributed by atoms with E-state index in [1.54, 1.807) is 46.0 Å². The lowest BCUT2D eigenvalue weighted by Crippen LogP contribution is -2.33. The van der Waals surface area contributed by atoms with Crippen molar-refractivity contribution in [2.24, 2.45) is 7.05 Å². The van der Waals surface area contributed by atoms with Crippen molar-refractivity contribution in [3.05, 3.63) is 97.8 Å². The van der Waals surface area contributed by atoms with E-state index in [1.165, 1.54) is 0 Å². The monoisotopic (exact) mass is 603 g/mol. The number of nitrogens with zero attached hydrogens (tertiary/aromatic N) is 6. The van der Waals surface area contributed by atoms with E-state index < -0.39 is 0 Å². The van der Waals surface area contributed by atoms with Gasteiger partial charge in [-0.25, -0.2) is 9.97 Å². The second kappa shape index (κ2) is 16.4. The Morgan fingerprint density at radius 3 is 2.14 bits per heavy atom. The van der Waals surface area contributed by atoms with Crippen LogP contribution in [0.5, 0.6) is 0 Å². The quantitative estimate of drug-likeness (QED) is 0.119. The van der Waals surface area contributed by atoms with Crippen LogP contribution in [0.4, 0.5) is 17.2 Å². The average molecular weight is 604 g/mol. The summed E-state index contributed by atoms with van der Waals surface area (Å²) in [7, 11) is 7.67. The van der Waals surface area contributed by atoms with Crippen LogP contribution in [0.15, 0.2) is 92.3 Å². The minimum Gasteiger partial charge on any atom is -0.412 e. The molecule has 0 unspecified atom stereocenters. The Kier molecular flexibility index (Phi) is 13.0. The average Bonchev–Trinajstić information content (AvgIpc) is 3.47. The molecule has 8 N–H and O–H groups in total. The first-order valence-corrected chi connectivity index (χ1v) is 13.5. The number of aromatic nitrogens is 4. The van der Waals surface area contributed by atoms with Gasteiger partial charge in [0.1, 0.15) is 5.82 Å². The van der Waals surface area contributed by atoms with E-state index >= 15 is 0 Å². The molecule has 236 valence electrons. The summed E-state index contributed by atoms with van der Waals surface area (Å²) in [4.78, 5) is 24.8. The number of anilines is 3. The number of nitrogens with one attached hydrogen (secondary N) is 1. The molecule has 0 fully saturated rings. The van der Waals surface area contributed by atoms with E-state index in [1.807, 2.05) is 75.8 Å². The van der Waals surface area contributed by atoms with Gasteiger partial charge in [-0.3, -0.25) is 20.2 Å². The van der Waals surface area contributed by atoms with Gasteiger partial charge in [-0.1, -0.05) is 6.07 Å². The number of carbonyl (C=O) groups excluding carboxylic acids is 1. The van der Waals surface area contributed by atoms with E-state index in [2.05, 4.69) is 33.7 Å². The molecule has 44 heavy (non-hydrogen) atoms. The summed E-state index contributed by atoms with van der Waals surface area (Å²) >= 11 is 0. The summed E-state index contributed by atoms with van der Waals surface area (Å²) in [6.45, 7) is 7.58. The largest absolute Gasteiger partial charge is 0.412 e. The van der Waals surface area contributed by atoms with E-state index in [4.69, 9.17) is 16.7 Å². The summed E-state index contributed by atoms with van der Waals surface area (Å²) in [6.07, 6.45) is 3.76. The molecule has 1 amide bonds. The normalized spacial score (nSPS) is 10.1. The topological polar surface area (TPSA) is 183 Å². The molecule has 12 heteroatoms. The molecular formula is C32H45N9O3. The molecule has 2 heterocycles. The third kappa shape index (κ3) is 9.10. The van der Waals surface area contributed by atoms with Crippen molar-refractivity contribution < 1.29 is 18.3 Å². The van der Waals surface area contributed by atoms with Gasteiger partial charge < -0.3 is 26.7 Å². The van der Waals surface area contributed by atoms with Crippen LogP contribution in [-0.4, -0.2) is 80.4 Å². The number of hydrogen-bond donors (Lipinski definition) is 4. The molecule has 0 aliphatic heterocycles. The van der Waals surface area contributed by atoms with E-state index in [0.29, 0.717) is 28.6 Å². The van der Waals surface area contributed by atoms with Gasteiger partial charge in [-0.05, 0) is 80.3 Å². The predicted molar refractivity (Wildman–Crippen MR) is 182 cm³/mol. The summed E-state index contributed by atoms with van der Waals surface area (Å²) < 4.78 is 1.76. The minimum absolute atomic E-state index is 0. The fourth-order valence-electron chi connectivity index (χ4n) is 4.02. The predicted octanol–water partition coefficient (Wildman–Crippen LogP) is 4.45. The molecule has 0 spiro atoms. The van der Waals surface area contributed by atoms with Gasteiger partial charge in [0, 0.05) is 64.0 Å². The smallest absolute Gasteiger partial charge is 0.253 e. The number of benzene rings is 3. The van der Waals surface area contributed by atoms with Gasteiger partial charge in [0.15, 0.2) is 5.82 Å². The van der Waals surface area contributed by atoms with Gasteiger partial charge in [0.2, 0.25) is 0 Å². The molecule has 0 bridgehead atoms. The lowest BCUT2D eigenvalue weighted by atomic mass is 10.1. The second-order valence-corrected chi connectivity index (χ2v) is 9.91. The highest BCUT2D eigenvalue weighted by molar-refractivity contribution is 5.94. The lowest BCUT2D eigenvalue weighted by molar-refractivity contribution is 0.0786. The Balaban J connectivity index is 0.000000850. The van der Waals surface area contributed by atoms with Crippen molar-refractivity contribution in [3.63, 3.8) is 0 Å². The van der Waals surface area contributed by atoms with E-state index in [9.17, 15) is 4.79 Å². The lowest BCUT2D eigenvalue weighted by Gasteiger charge is -2.19. The van der Waals surface area contributed by atoms with Crippen LogP contribution in [0.3, 0.4) is 0 Å². The Morgan fingerprint density at radius 2 is 1.57 bits per heavy atom. The van der Waals surface area contributed by atoms with Crippen molar-refractivity contribution in [2.45, 2.75) is 0 Å². The summed E-state index contributed by atoms with van der Waals surface area (Å²) in [6, 6.07) is 20.0. The molecule has 0 saturated carbocycles. The molecule has 0 aliphatic rings. The number of carbonyl (C=O) groups is 1. The number of nitrogens with two attached hydrogens (primary N) is 2. The van der Waals surface area contributed by atoms with Crippen LogP contribution in [0.1, 0.15) is 13.2 Å². The number of hydrogen-bond acceptors (Lipinski definition) is 9. The van der Waals surface area contributed by atoms with Crippen molar-refractivity contribution in [2.75, 3.05) is 51.2 Å².